The van der Waals surface area contributed by atoms with Crippen molar-refractivity contribution in [3.05, 3.63) is 134 Å². The summed E-state index contributed by atoms with van der Waals surface area (Å²) in [6, 6.07) is 23.6. The molecule has 0 radical (unpaired) electrons. The lowest BCUT2D eigenvalue weighted by molar-refractivity contribution is -0.138. The van der Waals surface area contributed by atoms with E-state index in [1.807, 2.05) is 72.8 Å². The third-order valence-electron chi connectivity index (χ3n) is 6.14. The molecule has 8 heteroatoms. The van der Waals surface area contributed by atoms with Crippen LogP contribution in [0.25, 0.3) is 6.08 Å². The second kappa shape index (κ2) is 11.4. The molecule has 0 saturated heterocycles. The number of thiazole rings is 1. The number of nitrogens with zero attached hydrogens (tertiary/aromatic N) is 2. The minimum atomic E-state index is -0.709. The van der Waals surface area contributed by atoms with E-state index in [-0.39, 0.29) is 12.2 Å². The summed E-state index contributed by atoms with van der Waals surface area (Å²) in [5, 5.41) is 0. The van der Waals surface area contributed by atoms with Gasteiger partial charge in [0.1, 0.15) is 23.9 Å². The largest absolute Gasteiger partial charge is 0.497 e. The fourth-order valence-electron chi connectivity index (χ4n) is 4.34. The molecule has 39 heavy (non-hydrogen) atoms. The van der Waals surface area contributed by atoms with E-state index in [2.05, 4.69) is 11.6 Å². The Kier molecular flexibility index (Phi) is 7.56. The van der Waals surface area contributed by atoms with Crippen LogP contribution in [0.1, 0.15) is 24.1 Å². The molecule has 0 amide bonds. The normalized spacial score (nSPS) is 14.8. The summed E-state index contributed by atoms with van der Waals surface area (Å²) >= 11 is 1.27. The molecule has 1 aliphatic heterocycles. The van der Waals surface area contributed by atoms with Crippen LogP contribution in [0.3, 0.4) is 0 Å². The first kappa shape index (κ1) is 25.9. The fourth-order valence-corrected chi connectivity index (χ4v) is 5.39. The molecule has 5 rings (SSSR count). The number of ether oxygens (including phenoxy) is 3. The van der Waals surface area contributed by atoms with Crippen LogP contribution in [0.4, 0.5) is 0 Å². The van der Waals surface area contributed by atoms with Gasteiger partial charge in [-0.15, -0.1) is 0 Å². The second-order valence-electron chi connectivity index (χ2n) is 8.73. The molecule has 0 bridgehead atoms. The van der Waals surface area contributed by atoms with Gasteiger partial charge in [-0.1, -0.05) is 66.5 Å². The minimum Gasteiger partial charge on any atom is -0.497 e. The molecular formula is C31H26N2O5S. The molecule has 0 aliphatic carbocycles. The molecule has 1 aliphatic rings. The highest BCUT2D eigenvalue weighted by Gasteiger charge is 2.33. The van der Waals surface area contributed by atoms with Crippen molar-refractivity contribution in [2.24, 2.45) is 4.99 Å². The number of benzene rings is 3. The Hall–Kier alpha value is -4.69. The molecule has 0 N–H and O–H groups in total. The minimum absolute atomic E-state index is 0.0523. The van der Waals surface area contributed by atoms with E-state index in [0.717, 1.165) is 16.9 Å². The van der Waals surface area contributed by atoms with E-state index in [4.69, 9.17) is 14.2 Å². The van der Waals surface area contributed by atoms with Gasteiger partial charge in [-0.05, 0) is 60.5 Å². The predicted octanol–water partition coefficient (Wildman–Crippen LogP) is 4.77. The number of allylic oxidation sites excluding steroid dienone is 1. The van der Waals surface area contributed by atoms with Crippen molar-refractivity contribution >= 4 is 23.4 Å². The van der Waals surface area contributed by atoms with Crippen molar-refractivity contribution in [2.45, 2.75) is 13.0 Å². The van der Waals surface area contributed by atoms with Gasteiger partial charge in [-0.3, -0.25) is 9.36 Å². The summed E-state index contributed by atoms with van der Waals surface area (Å²) in [5.74, 6) is 1.50. The average molecular weight is 539 g/mol. The van der Waals surface area contributed by atoms with Gasteiger partial charge < -0.3 is 14.2 Å². The van der Waals surface area contributed by atoms with Gasteiger partial charge in [0.15, 0.2) is 4.80 Å². The zero-order valence-corrected chi connectivity index (χ0v) is 22.3. The van der Waals surface area contributed by atoms with Crippen molar-refractivity contribution in [1.82, 2.24) is 4.57 Å². The lowest BCUT2D eigenvalue weighted by Crippen LogP contribution is -2.39. The third-order valence-corrected chi connectivity index (χ3v) is 7.12. The van der Waals surface area contributed by atoms with E-state index in [1.165, 1.54) is 17.4 Å². The molecule has 1 aromatic heterocycles. The van der Waals surface area contributed by atoms with Crippen molar-refractivity contribution in [3.8, 4) is 17.2 Å². The lowest BCUT2D eigenvalue weighted by atomic mass is 9.96. The molecule has 0 fully saturated rings. The average Bonchev–Trinajstić information content (AvgIpc) is 3.25. The van der Waals surface area contributed by atoms with Crippen LogP contribution in [0.15, 0.2) is 113 Å². The summed E-state index contributed by atoms with van der Waals surface area (Å²) in [6.45, 7) is 5.42. The summed E-state index contributed by atoms with van der Waals surface area (Å²) in [6.07, 6.45) is 3.31. The maximum Gasteiger partial charge on any atom is 0.338 e. The SMILES string of the molecule is C=CCOC(=O)C1=C(C)N=c2sc(=Cc3cccc(Oc4ccccc4)c3)c(=O)n2C1c1ccc(OC)cc1. The van der Waals surface area contributed by atoms with Crippen molar-refractivity contribution in [2.75, 3.05) is 13.7 Å². The standard InChI is InChI=1S/C31H26N2O5S/c1-4-17-37-30(35)27-20(2)32-31-33(28(27)22-13-15-23(36-3)16-14-22)29(34)26(39-31)19-21-9-8-12-25(18-21)38-24-10-6-5-7-11-24/h4-16,18-19,28H,1,17H2,2-3H3. The number of hydrogen-bond donors (Lipinski definition) is 0. The highest BCUT2D eigenvalue weighted by Crippen LogP contribution is 2.31. The first-order valence-corrected chi connectivity index (χ1v) is 13.1. The summed E-state index contributed by atoms with van der Waals surface area (Å²) < 4.78 is 18.7. The summed E-state index contributed by atoms with van der Waals surface area (Å²) in [4.78, 5) is 32.1. The van der Waals surface area contributed by atoms with E-state index in [9.17, 15) is 9.59 Å². The van der Waals surface area contributed by atoms with Gasteiger partial charge in [-0.2, -0.15) is 0 Å². The molecule has 1 unspecified atom stereocenters. The van der Waals surface area contributed by atoms with Gasteiger partial charge in [0.2, 0.25) is 0 Å². The van der Waals surface area contributed by atoms with Crippen molar-refractivity contribution < 1.29 is 19.0 Å². The molecular weight excluding hydrogens is 512 g/mol. The number of carbonyl (C=O) groups excluding carboxylic acids is 1. The Labute approximate surface area is 229 Å². The Balaban J connectivity index is 1.60. The van der Waals surface area contributed by atoms with E-state index >= 15 is 0 Å². The van der Waals surface area contributed by atoms with Gasteiger partial charge in [0.25, 0.3) is 5.56 Å². The molecule has 2 heterocycles. The zero-order valence-electron chi connectivity index (χ0n) is 21.5. The number of hydrogen-bond acceptors (Lipinski definition) is 7. The van der Waals surface area contributed by atoms with E-state index in [0.29, 0.717) is 32.1 Å². The number of fused-ring (bicyclic) bond motifs is 1. The van der Waals surface area contributed by atoms with Crippen LogP contribution >= 0.6 is 11.3 Å². The quantitative estimate of drug-likeness (QED) is 0.239. The maximum atomic E-state index is 13.8. The van der Waals surface area contributed by atoms with Crippen LogP contribution in [0.5, 0.6) is 17.2 Å². The van der Waals surface area contributed by atoms with Crippen molar-refractivity contribution in [3.63, 3.8) is 0 Å². The van der Waals surface area contributed by atoms with Gasteiger partial charge in [0.05, 0.1) is 29.0 Å². The molecule has 0 spiro atoms. The second-order valence-corrected chi connectivity index (χ2v) is 9.74. The summed E-state index contributed by atoms with van der Waals surface area (Å²) in [7, 11) is 1.58. The lowest BCUT2D eigenvalue weighted by Gasteiger charge is -2.24. The van der Waals surface area contributed by atoms with Crippen LogP contribution in [0.2, 0.25) is 0 Å². The van der Waals surface area contributed by atoms with E-state index in [1.54, 1.807) is 30.7 Å². The number of carbonyl (C=O) groups is 1. The van der Waals surface area contributed by atoms with Gasteiger partial charge >= 0.3 is 5.97 Å². The molecule has 0 saturated carbocycles. The third kappa shape index (κ3) is 5.46. The Morgan fingerprint density at radius 3 is 2.49 bits per heavy atom. The Morgan fingerprint density at radius 1 is 1.03 bits per heavy atom. The highest BCUT2D eigenvalue weighted by molar-refractivity contribution is 7.07. The molecule has 196 valence electrons. The van der Waals surface area contributed by atoms with Gasteiger partial charge in [-0.25, -0.2) is 9.79 Å². The first-order chi connectivity index (χ1) is 19.0. The monoisotopic (exact) mass is 538 g/mol. The van der Waals surface area contributed by atoms with Crippen LogP contribution in [-0.4, -0.2) is 24.3 Å². The van der Waals surface area contributed by atoms with Gasteiger partial charge in [0, 0.05) is 0 Å². The van der Waals surface area contributed by atoms with E-state index < -0.39 is 12.0 Å². The maximum absolute atomic E-state index is 13.8. The topological polar surface area (TPSA) is 79.1 Å². The van der Waals surface area contributed by atoms with Crippen LogP contribution in [0, 0.1) is 0 Å². The Morgan fingerprint density at radius 2 is 1.77 bits per heavy atom. The number of esters is 1. The number of aromatic nitrogens is 1. The number of para-hydroxylation sites is 1. The smallest absolute Gasteiger partial charge is 0.338 e. The number of methoxy groups -OCH3 is 1. The molecule has 7 nitrogen and oxygen atoms in total. The summed E-state index contributed by atoms with van der Waals surface area (Å²) in [5.41, 5.74) is 2.09. The fraction of sp³-hybridized carbons (Fsp3) is 0.129. The Bertz CT molecular complexity index is 1730. The van der Waals surface area contributed by atoms with Crippen LogP contribution in [-0.2, 0) is 9.53 Å². The zero-order chi connectivity index (χ0) is 27.4. The van der Waals surface area contributed by atoms with Crippen LogP contribution < -0.4 is 24.4 Å². The molecule has 4 aromatic rings. The highest BCUT2D eigenvalue weighted by atomic mass is 32.1. The molecule has 3 aromatic carbocycles. The first-order valence-electron chi connectivity index (χ1n) is 12.3. The predicted molar refractivity (Wildman–Crippen MR) is 151 cm³/mol. The number of rotatable bonds is 8. The molecule has 1 atom stereocenters. The van der Waals surface area contributed by atoms with Crippen molar-refractivity contribution in [1.29, 1.82) is 0 Å².